The Kier molecular flexibility index (Phi) is 4.57. The molecule has 0 radical (unpaired) electrons. The highest BCUT2D eigenvalue weighted by Gasteiger charge is 2.04. The van der Waals surface area contributed by atoms with Gasteiger partial charge >= 0.3 is 0 Å². The van der Waals surface area contributed by atoms with Gasteiger partial charge in [0.25, 0.3) is 0 Å². The van der Waals surface area contributed by atoms with E-state index >= 15 is 0 Å². The molecule has 17 heavy (non-hydrogen) atoms. The topological polar surface area (TPSA) is 12.9 Å². The summed E-state index contributed by atoms with van der Waals surface area (Å²) in [4.78, 5) is 4.64. The van der Waals surface area contributed by atoms with Gasteiger partial charge in [-0.05, 0) is 30.9 Å². The summed E-state index contributed by atoms with van der Waals surface area (Å²) >= 11 is 7.43. The van der Waals surface area contributed by atoms with Crippen molar-refractivity contribution in [1.29, 1.82) is 0 Å². The summed E-state index contributed by atoms with van der Waals surface area (Å²) in [6.07, 6.45) is 2.95. The van der Waals surface area contributed by atoms with Gasteiger partial charge in [-0.25, -0.2) is 4.98 Å². The average molecular weight is 266 g/mol. The van der Waals surface area contributed by atoms with Crippen LogP contribution in [0.25, 0.3) is 0 Å². The molecule has 0 aliphatic rings. The van der Waals surface area contributed by atoms with Gasteiger partial charge in [0.05, 0.1) is 10.7 Å². The highest BCUT2D eigenvalue weighted by Crippen LogP contribution is 2.18. The van der Waals surface area contributed by atoms with Gasteiger partial charge in [-0.3, -0.25) is 0 Å². The Labute approximate surface area is 111 Å². The average Bonchev–Trinajstić information content (AvgIpc) is 2.77. The Morgan fingerprint density at radius 2 is 2.12 bits per heavy atom. The summed E-state index contributed by atoms with van der Waals surface area (Å²) in [5, 5.41) is 3.35. The maximum absolute atomic E-state index is 5.68. The van der Waals surface area contributed by atoms with Gasteiger partial charge in [0.2, 0.25) is 0 Å². The molecular weight excluding hydrogens is 250 g/mol. The lowest BCUT2D eigenvalue weighted by molar-refractivity contribution is 0.888. The van der Waals surface area contributed by atoms with Gasteiger partial charge in [0, 0.05) is 17.7 Å². The molecule has 0 aliphatic carbocycles. The summed E-state index contributed by atoms with van der Waals surface area (Å²) in [7, 11) is 0. The fourth-order valence-corrected chi connectivity index (χ4v) is 2.75. The first kappa shape index (κ1) is 12.6. The molecule has 90 valence electrons. The number of benzene rings is 1. The van der Waals surface area contributed by atoms with Gasteiger partial charge in [0.1, 0.15) is 0 Å². The molecule has 0 fully saturated rings. The first-order valence-electron chi connectivity index (χ1n) is 5.83. The largest absolute Gasteiger partial charge is 0.246 e. The van der Waals surface area contributed by atoms with Crippen molar-refractivity contribution in [2.24, 2.45) is 0 Å². The zero-order chi connectivity index (χ0) is 12.1. The molecule has 1 heterocycles. The SMILES string of the molecule is Cc1ccccc1Cc1nc(CCCCl)cs1. The van der Waals surface area contributed by atoms with Crippen LogP contribution in [0.1, 0.15) is 28.2 Å². The standard InChI is InChI=1S/C14H16ClNS/c1-11-5-2-3-6-12(11)9-14-16-13(10-17-14)7-4-8-15/h2-3,5-6,10H,4,7-9H2,1H3. The number of nitrogens with zero attached hydrogens (tertiary/aromatic N) is 1. The first-order chi connectivity index (χ1) is 8.29. The number of rotatable bonds is 5. The molecule has 0 bridgehead atoms. The second kappa shape index (κ2) is 6.18. The second-order valence-electron chi connectivity index (χ2n) is 4.13. The lowest BCUT2D eigenvalue weighted by Crippen LogP contribution is -1.92. The third-order valence-electron chi connectivity index (χ3n) is 2.77. The molecule has 1 nitrogen and oxygen atoms in total. The maximum atomic E-state index is 5.68. The number of hydrogen-bond donors (Lipinski definition) is 0. The van der Waals surface area contributed by atoms with Crippen LogP contribution in [-0.4, -0.2) is 10.9 Å². The molecule has 1 aromatic heterocycles. The molecule has 0 saturated heterocycles. The molecule has 2 aromatic rings. The normalized spacial score (nSPS) is 10.7. The van der Waals surface area contributed by atoms with E-state index in [0.29, 0.717) is 5.88 Å². The fourth-order valence-electron chi connectivity index (χ4n) is 1.76. The third-order valence-corrected chi connectivity index (χ3v) is 3.93. The van der Waals surface area contributed by atoms with Crippen molar-refractivity contribution in [2.45, 2.75) is 26.2 Å². The van der Waals surface area contributed by atoms with E-state index in [1.165, 1.54) is 21.8 Å². The Bertz CT molecular complexity index is 479. The lowest BCUT2D eigenvalue weighted by atomic mass is 10.1. The predicted molar refractivity (Wildman–Crippen MR) is 75.1 cm³/mol. The van der Waals surface area contributed by atoms with E-state index in [0.717, 1.165) is 19.3 Å². The van der Waals surface area contributed by atoms with Crippen molar-refractivity contribution < 1.29 is 0 Å². The van der Waals surface area contributed by atoms with Crippen LogP contribution in [0.15, 0.2) is 29.6 Å². The third kappa shape index (κ3) is 3.55. The van der Waals surface area contributed by atoms with Crippen molar-refractivity contribution in [3.05, 3.63) is 51.5 Å². The summed E-state index contributed by atoms with van der Waals surface area (Å²) in [5.74, 6) is 0.713. The van der Waals surface area contributed by atoms with E-state index in [2.05, 4.69) is 41.6 Å². The number of hydrogen-bond acceptors (Lipinski definition) is 2. The second-order valence-corrected chi connectivity index (χ2v) is 5.45. The van der Waals surface area contributed by atoms with Crippen molar-refractivity contribution in [2.75, 3.05) is 5.88 Å². The van der Waals surface area contributed by atoms with Crippen LogP contribution in [0.5, 0.6) is 0 Å². The number of aromatic nitrogens is 1. The molecule has 0 amide bonds. The summed E-state index contributed by atoms with van der Waals surface area (Å²) < 4.78 is 0. The zero-order valence-electron chi connectivity index (χ0n) is 9.95. The Balaban J connectivity index is 2.04. The molecule has 0 spiro atoms. The minimum absolute atomic E-state index is 0.713. The Morgan fingerprint density at radius 1 is 1.29 bits per heavy atom. The van der Waals surface area contributed by atoms with E-state index in [4.69, 9.17) is 11.6 Å². The van der Waals surface area contributed by atoms with Crippen LogP contribution in [0.4, 0.5) is 0 Å². The molecule has 0 unspecified atom stereocenters. The van der Waals surface area contributed by atoms with E-state index < -0.39 is 0 Å². The van der Waals surface area contributed by atoms with Gasteiger partial charge in [-0.2, -0.15) is 0 Å². The van der Waals surface area contributed by atoms with Crippen LogP contribution in [-0.2, 0) is 12.8 Å². The van der Waals surface area contributed by atoms with Crippen LogP contribution in [0.2, 0.25) is 0 Å². The quantitative estimate of drug-likeness (QED) is 0.738. The maximum Gasteiger partial charge on any atom is 0.0972 e. The van der Waals surface area contributed by atoms with E-state index in [1.807, 2.05) is 0 Å². The van der Waals surface area contributed by atoms with Crippen LogP contribution >= 0.6 is 22.9 Å². The fraction of sp³-hybridized carbons (Fsp3) is 0.357. The Hall–Kier alpha value is -0.860. The van der Waals surface area contributed by atoms with Gasteiger partial charge in [0.15, 0.2) is 0 Å². The lowest BCUT2D eigenvalue weighted by Gasteiger charge is -2.02. The minimum atomic E-state index is 0.713. The molecule has 0 saturated carbocycles. The minimum Gasteiger partial charge on any atom is -0.246 e. The summed E-state index contributed by atoms with van der Waals surface area (Å²) in [6.45, 7) is 2.15. The van der Waals surface area contributed by atoms with E-state index in [9.17, 15) is 0 Å². The molecule has 2 rings (SSSR count). The number of aryl methyl sites for hydroxylation is 2. The summed E-state index contributed by atoms with van der Waals surface area (Å²) in [5.41, 5.74) is 3.88. The highest BCUT2D eigenvalue weighted by atomic mass is 35.5. The molecule has 3 heteroatoms. The zero-order valence-corrected chi connectivity index (χ0v) is 11.5. The van der Waals surface area contributed by atoms with Crippen LogP contribution in [0.3, 0.4) is 0 Å². The molecule has 1 aromatic carbocycles. The van der Waals surface area contributed by atoms with Gasteiger partial charge < -0.3 is 0 Å². The van der Waals surface area contributed by atoms with Gasteiger partial charge in [-0.15, -0.1) is 22.9 Å². The van der Waals surface area contributed by atoms with Gasteiger partial charge in [-0.1, -0.05) is 24.3 Å². The first-order valence-corrected chi connectivity index (χ1v) is 7.25. The summed E-state index contributed by atoms with van der Waals surface area (Å²) in [6, 6.07) is 8.49. The monoisotopic (exact) mass is 265 g/mol. The van der Waals surface area contributed by atoms with E-state index in [1.54, 1.807) is 11.3 Å². The van der Waals surface area contributed by atoms with Crippen LogP contribution in [0, 0.1) is 6.92 Å². The highest BCUT2D eigenvalue weighted by molar-refractivity contribution is 7.09. The Morgan fingerprint density at radius 3 is 2.88 bits per heavy atom. The molecule has 0 atom stereocenters. The molecule has 0 aliphatic heterocycles. The van der Waals surface area contributed by atoms with Crippen LogP contribution < -0.4 is 0 Å². The molecule has 0 N–H and O–H groups in total. The van der Waals surface area contributed by atoms with Crippen molar-refractivity contribution in [1.82, 2.24) is 4.98 Å². The van der Waals surface area contributed by atoms with Crippen molar-refractivity contribution in [3.8, 4) is 0 Å². The number of thiazole rings is 1. The predicted octanol–water partition coefficient (Wildman–Crippen LogP) is 4.21. The van der Waals surface area contributed by atoms with Crippen molar-refractivity contribution in [3.63, 3.8) is 0 Å². The van der Waals surface area contributed by atoms with E-state index in [-0.39, 0.29) is 0 Å². The number of halogens is 1. The molecular formula is C14H16ClNS. The van der Waals surface area contributed by atoms with Crippen molar-refractivity contribution >= 4 is 22.9 Å². The smallest absolute Gasteiger partial charge is 0.0972 e. The number of alkyl halides is 1.